The second-order valence-corrected chi connectivity index (χ2v) is 9.06. The molecule has 0 aromatic carbocycles. The van der Waals surface area contributed by atoms with E-state index in [4.69, 9.17) is 4.98 Å². The van der Waals surface area contributed by atoms with Crippen molar-refractivity contribution in [1.82, 2.24) is 10.3 Å². The molecule has 0 aliphatic heterocycles. The standard InChI is InChI=1S/C17H33N3S/c1-10-20(12(2)3)15-19-14(16(4,5)6)13(21-15)11-18-17(7,8)9/h12,18H,10-11H2,1-9H3. The minimum absolute atomic E-state index is 0.0834. The summed E-state index contributed by atoms with van der Waals surface area (Å²) in [5, 5.41) is 4.76. The van der Waals surface area contributed by atoms with Gasteiger partial charge in [0.05, 0.1) is 5.69 Å². The van der Waals surface area contributed by atoms with Crippen LogP contribution >= 0.6 is 11.3 Å². The zero-order valence-electron chi connectivity index (χ0n) is 15.3. The van der Waals surface area contributed by atoms with Crippen LogP contribution in [0.2, 0.25) is 0 Å². The van der Waals surface area contributed by atoms with Gasteiger partial charge in [0.15, 0.2) is 5.13 Å². The molecule has 1 heterocycles. The van der Waals surface area contributed by atoms with Crippen LogP contribution in [0.15, 0.2) is 0 Å². The highest BCUT2D eigenvalue weighted by molar-refractivity contribution is 7.15. The van der Waals surface area contributed by atoms with Crippen molar-refractivity contribution >= 4 is 16.5 Å². The Labute approximate surface area is 135 Å². The zero-order valence-corrected chi connectivity index (χ0v) is 16.1. The lowest BCUT2D eigenvalue weighted by atomic mass is 9.91. The number of nitrogens with one attached hydrogen (secondary N) is 1. The van der Waals surface area contributed by atoms with Crippen LogP contribution in [0.25, 0.3) is 0 Å². The van der Waals surface area contributed by atoms with Crippen LogP contribution in [-0.4, -0.2) is 23.1 Å². The van der Waals surface area contributed by atoms with Crippen molar-refractivity contribution in [2.75, 3.05) is 11.4 Å². The molecule has 0 saturated carbocycles. The minimum atomic E-state index is 0.0834. The Morgan fingerprint density at radius 1 is 1.14 bits per heavy atom. The maximum Gasteiger partial charge on any atom is 0.186 e. The molecule has 0 amide bonds. The predicted octanol–water partition coefficient (Wildman–Crippen LogP) is 4.56. The van der Waals surface area contributed by atoms with Gasteiger partial charge in [0, 0.05) is 35.0 Å². The lowest BCUT2D eigenvalue weighted by Crippen LogP contribution is -2.35. The highest BCUT2D eigenvalue weighted by atomic mass is 32.1. The van der Waals surface area contributed by atoms with Crippen LogP contribution in [0.5, 0.6) is 0 Å². The van der Waals surface area contributed by atoms with Crippen LogP contribution < -0.4 is 10.2 Å². The molecule has 0 radical (unpaired) electrons. The topological polar surface area (TPSA) is 28.2 Å². The molecule has 0 saturated heterocycles. The third-order valence-corrected chi connectivity index (χ3v) is 4.48. The molecule has 4 heteroatoms. The van der Waals surface area contributed by atoms with Crippen molar-refractivity contribution in [3.8, 4) is 0 Å². The molecule has 0 unspecified atom stereocenters. The molecule has 3 nitrogen and oxygen atoms in total. The van der Waals surface area contributed by atoms with Gasteiger partial charge >= 0.3 is 0 Å². The normalized spacial score (nSPS) is 13.0. The van der Waals surface area contributed by atoms with Crippen molar-refractivity contribution in [1.29, 1.82) is 0 Å². The smallest absolute Gasteiger partial charge is 0.186 e. The molecule has 0 aliphatic rings. The lowest BCUT2D eigenvalue weighted by Gasteiger charge is -2.24. The van der Waals surface area contributed by atoms with Crippen LogP contribution in [0.4, 0.5) is 5.13 Å². The first-order valence-electron chi connectivity index (χ1n) is 7.97. The predicted molar refractivity (Wildman–Crippen MR) is 95.6 cm³/mol. The lowest BCUT2D eigenvalue weighted by molar-refractivity contribution is 0.422. The second-order valence-electron chi connectivity index (χ2n) is 8.00. The number of hydrogen-bond acceptors (Lipinski definition) is 4. The summed E-state index contributed by atoms with van der Waals surface area (Å²) in [5.41, 5.74) is 1.44. The summed E-state index contributed by atoms with van der Waals surface area (Å²) < 4.78 is 0. The summed E-state index contributed by atoms with van der Waals surface area (Å²) >= 11 is 1.84. The largest absolute Gasteiger partial charge is 0.346 e. The molecule has 21 heavy (non-hydrogen) atoms. The van der Waals surface area contributed by atoms with Crippen LogP contribution in [0, 0.1) is 0 Å². The monoisotopic (exact) mass is 311 g/mol. The van der Waals surface area contributed by atoms with E-state index in [1.54, 1.807) is 0 Å². The Hall–Kier alpha value is -0.610. The second kappa shape index (κ2) is 6.66. The van der Waals surface area contributed by atoms with E-state index in [-0.39, 0.29) is 11.0 Å². The van der Waals surface area contributed by atoms with E-state index < -0.39 is 0 Å². The van der Waals surface area contributed by atoms with Gasteiger partial charge < -0.3 is 10.2 Å². The summed E-state index contributed by atoms with van der Waals surface area (Å²) in [6.07, 6.45) is 0. The number of hydrogen-bond donors (Lipinski definition) is 1. The molecule has 1 N–H and O–H groups in total. The summed E-state index contributed by atoms with van der Waals surface area (Å²) in [4.78, 5) is 8.72. The number of rotatable bonds is 5. The average molecular weight is 312 g/mol. The molecular weight excluding hydrogens is 278 g/mol. The molecule has 1 rings (SSSR count). The van der Waals surface area contributed by atoms with Gasteiger partial charge in [-0.1, -0.05) is 20.8 Å². The fourth-order valence-electron chi connectivity index (χ4n) is 2.23. The van der Waals surface area contributed by atoms with Crippen LogP contribution in [0.1, 0.15) is 72.9 Å². The van der Waals surface area contributed by atoms with E-state index >= 15 is 0 Å². The van der Waals surface area contributed by atoms with E-state index in [1.807, 2.05) is 11.3 Å². The van der Waals surface area contributed by atoms with E-state index in [0.717, 1.165) is 18.2 Å². The summed E-state index contributed by atoms with van der Waals surface area (Å²) in [6.45, 7) is 21.9. The van der Waals surface area contributed by atoms with Crippen molar-refractivity contribution in [2.24, 2.45) is 0 Å². The van der Waals surface area contributed by atoms with Gasteiger partial charge in [-0.25, -0.2) is 4.98 Å². The zero-order chi connectivity index (χ0) is 16.4. The molecule has 0 spiro atoms. The van der Waals surface area contributed by atoms with Crippen molar-refractivity contribution in [2.45, 2.75) is 85.9 Å². The number of aromatic nitrogens is 1. The van der Waals surface area contributed by atoms with E-state index in [0.29, 0.717) is 6.04 Å². The molecule has 0 bridgehead atoms. The Kier molecular flexibility index (Phi) is 5.84. The summed E-state index contributed by atoms with van der Waals surface area (Å²) in [6, 6.07) is 0.484. The first kappa shape index (κ1) is 18.4. The summed E-state index contributed by atoms with van der Waals surface area (Å²) in [5.74, 6) is 0. The highest BCUT2D eigenvalue weighted by Crippen LogP contribution is 2.34. The quantitative estimate of drug-likeness (QED) is 0.864. The molecular formula is C17H33N3S. The van der Waals surface area contributed by atoms with Gasteiger partial charge in [-0.3, -0.25) is 0 Å². The Bertz CT molecular complexity index is 450. The third kappa shape index (κ3) is 5.26. The number of nitrogens with zero attached hydrogens (tertiary/aromatic N) is 2. The van der Waals surface area contributed by atoms with E-state index in [9.17, 15) is 0 Å². The fourth-order valence-corrected chi connectivity index (χ4v) is 3.64. The Morgan fingerprint density at radius 2 is 1.71 bits per heavy atom. The minimum Gasteiger partial charge on any atom is -0.346 e. The van der Waals surface area contributed by atoms with Crippen LogP contribution in [0.3, 0.4) is 0 Å². The highest BCUT2D eigenvalue weighted by Gasteiger charge is 2.26. The maximum atomic E-state index is 4.98. The SMILES string of the molecule is CCN(c1nc(C(C)(C)C)c(CNC(C)(C)C)s1)C(C)C. The van der Waals surface area contributed by atoms with Gasteiger partial charge in [0.2, 0.25) is 0 Å². The Balaban J connectivity index is 3.13. The maximum absolute atomic E-state index is 4.98. The molecule has 0 fully saturated rings. The summed E-state index contributed by atoms with van der Waals surface area (Å²) in [7, 11) is 0. The molecule has 0 atom stereocenters. The van der Waals surface area contributed by atoms with Gasteiger partial charge in [-0.15, -0.1) is 11.3 Å². The first-order valence-corrected chi connectivity index (χ1v) is 8.79. The van der Waals surface area contributed by atoms with Crippen molar-refractivity contribution < 1.29 is 0 Å². The van der Waals surface area contributed by atoms with E-state index in [1.165, 1.54) is 10.6 Å². The van der Waals surface area contributed by atoms with Crippen molar-refractivity contribution in [3.63, 3.8) is 0 Å². The number of anilines is 1. The van der Waals surface area contributed by atoms with E-state index in [2.05, 4.69) is 72.5 Å². The van der Waals surface area contributed by atoms with Crippen LogP contribution in [-0.2, 0) is 12.0 Å². The molecule has 1 aromatic rings. The van der Waals surface area contributed by atoms with Crippen molar-refractivity contribution in [3.05, 3.63) is 10.6 Å². The third-order valence-electron chi connectivity index (χ3n) is 3.39. The molecule has 122 valence electrons. The van der Waals surface area contributed by atoms with Gasteiger partial charge in [-0.05, 0) is 41.5 Å². The first-order chi connectivity index (χ1) is 9.45. The van der Waals surface area contributed by atoms with Gasteiger partial charge in [0.25, 0.3) is 0 Å². The fraction of sp³-hybridized carbons (Fsp3) is 0.824. The van der Waals surface area contributed by atoms with Gasteiger partial charge in [0.1, 0.15) is 0 Å². The number of thiazole rings is 1. The Morgan fingerprint density at radius 3 is 2.10 bits per heavy atom. The molecule has 0 aliphatic carbocycles. The van der Waals surface area contributed by atoms with Gasteiger partial charge in [-0.2, -0.15) is 0 Å². The molecule has 1 aromatic heterocycles. The average Bonchev–Trinajstić information content (AvgIpc) is 2.69.